The van der Waals surface area contributed by atoms with Gasteiger partial charge in [0.1, 0.15) is 23.0 Å². The third-order valence-electron chi connectivity index (χ3n) is 4.28. The topological polar surface area (TPSA) is 84.5 Å². The molecule has 0 bridgehead atoms. The van der Waals surface area contributed by atoms with Gasteiger partial charge in [-0.2, -0.15) is 0 Å². The molecule has 2 amide bonds. The molecule has 26 heavy (non-hydrogen) atoms. The zero-order valence-electron chi connectivity index (χ0n) is 15.1. The molecule has 3 rings (SSSR count). The Kier molecular flexibility index (Phi) is 5.78. The normalized spacial score (nSPS) is 12.5. The molecule has 0 saturated heterocycles. The molecular weight excluding hydrogens is 332 g/mol. The van der Waals surface area contributed by atoms with Gasteiger partial charge in [0.15, 0.2) is 0 Å². The van der Waals surface area contributed by atoms with Crippen LogP contribution in [-0.2, 0) is 12.8 Å². The molecule has 2 aromatic rings. The van der Waals surface area contributed by atoms with Crippen LogP contribution in [0.2, 0.25) is 0 Å². The van der Waals surface area contributed by atoms with Gasteiger partial charge in [-0.05, 0) is 36.6 Å². The first-order valence-electron chi connectivity index (χ1n) is 8.69. The van der Waals surface area contributed by atoms with Gasteiger partial charge < -0.3 is 25.4 Å². The minimum absolute atomic E-state index is 0.316. The van der Waals surface area contributed by atoms with E-state index in [-0.39, 0.29) is 6.03 Å². The van der Waals surface area contributed by atoms with E-state index in [0.717, 1.165) is 30.9 Å². The Labute approximate surface area is 153 Å². The SMILES string of the molecule is COc1cccc(OC)c1NC(=O)NCCc1ccc2c(n1)NCCC2. The van der Waals surface area contributed by atoms with Gasteiger partial charge >= 0.3 is 6.03 Å². The molecule has 0 saturated carbocycles. The highest BCUT2D eigenvalue weighted by Crippen LogP contribution is 2.33. The first-order valence-corrected chi connectivity index (χ1v) is 8.69. The standard InChI is InChI=1S/C19H24N4O3/c1-25-15-6-3-7-16(26-2)17(15)23-19(24)21-12-10-14-9-8-13-5-4-11-20-18(13)22-14/h3,6-9H,4-5,10-12H2,1-2H3,(H,20,22)(H2,21,23,24). The second kappa shape index (κ2) is 8.42. The number of nitrogens with one attached hydrogen (secondary N) is 3. The molecule has 0 unspecified atom stereocenters. The van der Waals surface area contributed by atoms with Gasteiger partial charge in [-0.3, -0.25) is 0 Å². The number of amides is 2. The summed E-state index contributed by atoms with van der Waals surface area (Å²) in [5.74, 6) is 2.06. The molecule has 0 fully saturated rings. The maximum absolute atomic E-state index is 12.2. The summed E-state index contributed by atoms with van der Waals surface area (Å²) in [5, 5.41) is 8.95. The monoisotopic (exact) mass is 356 g/mol. The second-order valence-electron chi connectivity index (χ2n) is 6.01. The summed E-state index contributed by atoms with van der Waals surface area (Å²) in [6.07, 6.45) is 2.87. The van der Waals surface area contributed by atoms with Gasteiger partial charge in [-0.1, -0.05) is 12.1 Å². The van der Waals surface area contributed by atoms with Gasteiger partial charge in [0.2, 0.25) is 0 Å². The summed E-state index contributed by atoms with van der Waals surface area (Å²) in [6, 6.07) is 9.16. The molecule has 0 spiro atoms. The first kappa shape index (κ1) is 17.8. The molecule has 2 heterocycles. The minimum atomic E-state index is -0.316. The van der Waals surface area contributed by atoms with Gasteiger partial charge in [0, 0.05) is 25.2 Å². The van der Waals surface area contributed by atoms with Crippen molar-refractivity contribution in [2.24, 2.45) is 0 Å². The Bertz CT molecular complexity index is 757. The molecule has 3 N–H and O–H groups in total. The van der Waals surface area contributed by atoms with Crippen molar-refractivity contribution in [1.29, 1.82) is 0 Å². The van der Waals surface area contributed by atoms with E-state index in [9.17, 15) is 4.79 Å². The number of carbonyl (C=O) groups excluding carboxylic acids is 1. The van der Waals surface area contributed by atoms with E-state index in [4.69, 9.17) is 9.47 Å². The van der Waals surface area contributed by atoms with Gasteiger partial charge in [0.25, 0.3) is 0 Å². The fourth-order valence-electron chi connectivity index (χ4n) is 2.94. The predicted octanol–water partition coefficient (Wildman–Crippen LogP) is 2.82. The smallest absolute Gasteiger partial charge is 0.319 e. The lowest BCUT2D eigenvalue weighted by Crippen LogP contribution is -2.31. The molecule has 0 atom stereocenters. The van der Waals surface area contributed by atoms with Gasteiger partial charge in [-0.15, -0.1) is 0 Å². The van der Waals surface area contributed by atoms with Crippen LogP contribution < -0.4 is 25.4 Å². The number of hydrogen-bond acceptors (Lipinski definition) is 5. The number of para-hydroxylation sites is 1. The minimum Gasteiger partial charge on any atom is -0.494 e. The van der Waals surface area contributed by atoms with Crippen LogP contribution in [0.5, 0.6) is 11.5 Å². The number of urea groups is 1. The number of hydrogen-bond donors (Lipinski definition) is 3. The number of aromatic nitrogens is 1. The van der Waals surface area contributed by atoms with Crippen molar-refractivity contribution in [3.63, 3.8) is 0 Å². The summed E-state index contributed by atoms with van der Waals surface area (Å²) in [6.45, 7) is 1.44. The molecule has 7 nitrogen and oxygen atoms in total. The number of rotatable bonds is 6. The Balaban J connectivity index is 1.55. The molecule has 1 aromatic heterocycles. The van der Waals surface area contributed by atoms with Crippen molar-refractivity contribution in [3.8, 4) is 11.5 Å². The van der Waals surface area contributed by atoms with Crippen LogP contribution in [0.25, 0.3) is 0 Å². The number of aryl methyl sites for hydroxylation is 1. The molecule has 138 valence electrons. The van der Waals surface area contributed by atoms with E-state index in [2.05, 4.69) is 27.0 Å². The largest absolute Gasteiger partial charge is 0.494 e. The fourth-order valence-corrected chi connectivity index (χ4v) is 2.94. The Morgan fingerprint density at radius 1 is 1.19 bits per heavy atom. The second-order valence-corrected chi connectivity index (χ2v) is 6.01. The molecular formula is C19H24N4O3. The lowest BCUT2D eigenvalue weighted by Gasteiger charge is -2.17. The Hall–Kier alpha value is -2.96. The number of anilines is 2. The van der Waals surface area contributed by atoms with E-state index in [0.29, 0.717) is 30.2 Å². The fraction of sp³-hybridized carbons (Fsp3) is 0.368. The zero-order valence-corrected chi connectivity index (χ0v) is 15.1. The van der Waals surface area contributed by atoms with Crippen LogP contribution in [-0.4, -0.2) is 38.3 Å². The summed E-state index contributed by atoms with van der Waals surface area (Å²) < 4.78 is 10.6. The number of nitrogens with zero attached hydrogens (tertiary/aromatic N) is 1. The maximum atomic E-state index is 12.2. The van der Waals surface area contributed by atoms with E-state index in [1.807, 2.05) is 6.07 Å². The number of pyridine rings is 1. The first-order chi connectivity index (χ1) is 12.7. The highest BCUT2D eigenvalue weighted by molar-refractivity contribution is 5.93. The number of benzene rings is 1. The summed E-state index contributed by atoms with van der Waals surface area (Å²) in [5.41, 5.74) is 2.72. The van der Waals surface area contributed by atoms with Gasteiger partial charge in [-0.25, -0.2) is 9.78 Å². The van der Waals surface area contributed by atoms with Crippen molar-refractivity contribution in [3.05, 3.63) is 41.6 Å². The van der Waals surface area contributed by atoms with E-state index in [1.54, 1.807) is 32.4 Å². The van der Waals surface area contributed by atoms with Crippen molar-refractivity contribution in [1.82, 2.24) is 10.3 Å². The average molecular weight is 356 g/mol. The molecule has 1 aliphatic heterocycles. The third-order valence-corrected chi connectivity index (χ3v) is 4.28. The lowest BCUT2D eigenvalue weighted by molar-refractivity contribution is 0.252. The highest BCUT2D eigenvalue weighted by Gasteiger charge is 2.13. The van der Waals surface area contributed by atoms with Gasteiger partial charge in [0.05, 0.1) is 14.2 Å². The average Bonchev–Trinajstić information content (AvgIpc) is 2.68. The van der Waals surface area contributed by atoms with E-state index >= 15 is 0 Å². The Morgan fingerprint density at radius 3 is 2.69 bits per heavy atom. The molecule has 7 heteroatoms. The number of fused-ring (bicyclic) bond motifs is 1. The molecule has 0 radical (unpaired) electrons. The maximum Gasteiger partial charge on any atom is 0.319 e. The predicted molar refractivity (Wildman–Crippen MR) is 101 cm³/mol. The molecule has 1 aromatic carbocycles. The van der Waals surface area contributed by atoms with E-state index < -0.39 is 0 Å². The van der Waals surface area contributed by atoms with Crippen LogP contribution in [0.15, 0.2) is 30.3 Å². The number of ether oxygens (including phenoxy) is 2. The third kappa shape index (κ3) is 4.17. The van der Waals surface area contributed by atoms with Crippen molar-refractivity contribution in [2.75, 3.05) is 37.9 Å². The quantitative estimate of drug-likeness (QED) is 0.741. The summed E-state index contributed by atoms with van der Waals surface area (Å²) >= 11 is 0. The van der Waals surface area contributed by atoms with Crippen LogP contribution in [0.3, 0.4) is 0 Å². The molecule has 1 aliphatic rings. The van der Waals surface area contributed by atoms with Crippen molar-refractivity contribution in [2.45, 2.75) is 19.3 Å². The summed E-state index contributed by atoms with van der Waals surface area (Å²) in [4.78, 5) is 16.8. The number of methoxy groups -OCH3 is 2. The van der Waals surface area contributed by atoms with Crippen LogP contribution in [0, 0.1) is 0 Å². The lowest BCUT2D eigenvalue weighted by atomic mass is 10.1. The Morgan fingerprint density at radius 2 is 1.96 bits per heavy atom. The zero-order chi connectivity index (χ0) is 18.4. The van der Waals surface area contributed by atoms with Crippen molar-refractivity contribution >= 4 is 17.5 Å². The number of carbonyl (C=O) groups is 1. The van der Waals surface area contributed by atoms with Crippen molar-refractivity contribution < 1.29 is 14.3 Å². The van der Waals surface area contributed by atoms with Crippen LogP contribution >= 0.6 is 0 Å². The van der Waals surface area contributed by atoms with Crippen LogP contribution in [0.1, 0.15) is 17.7 Å². The summed E-state index contributed by atoms with van der Waals surface area (Å²) in [7, 11) is 3.10. The van der Waals surface area contributed by atoms with Crippen LogP contribution in [0.4, 0.5) is 16.3 Å². The molecule has 0 aliphatic carbocycles. The van der Waals surface area contributed by atoms with E-state index in [1.165, 1.54) is 5.56 Å². The highest BCUT2D eigenvalue weighted by atomic mass is 16.5.